The highest BCUT2D eigenvalue weighted by molar-refractivity contribution is 5.60. The van der Waals surface area contributed by atoms with Gasteiger partial charge in [0.1, 0.15) is 5.82 Å². The quantitative estimate of drug-likeness (QED) is 0.549. The normalized spacial score (nSPS) is 10.7. The second kappa shape index (κ2) is 4.50. The van der Waals surface area contributed by atoms with Gasteiger partial charge < -0.3 is 0 Å². The third-order valence-electron chi connectivity index (χ3n) is 1.72. The van der Waals surface area contributed by atoms with Crippen LogP contribution in [0.1, 0.15) is 18.9 Å². The Morgan fingerprint density at radius 3 is 2.86 bits per heavy atom. The van der Waals surface area contributed by atoms with Gasteiger partial charge in [0.15, 0.2) is 0 Å². The number of hydrogen-bond donors (Lipinski definition) is 0. The Balaban J connectivity index is 3.15. The van der Waals surface area contributed by atoms with Crippen molar-refractivity contribution in [2.24, 2.45) is 0 Å². The molecule has 14 heavy (non-hydrogen) atoms. The van der Waals surface area contributed by atoms with Crippen LogP contribution >= 0.6 is 0 Å². The fourth-order valence-corrected chi connectivity index (χ4v) is 1.07. The van der Waals surface area contributed by atoms with Gasteiger partial charge in [-0.15, -0.1) is 0 Å². The lowest BCUT2D eigenvalue weighted by molar-refractivity contribution is -0.385. The molecule has 4 heteroatoms. The van der Waals surface area contributed by atoms with Crippen LogP contribution in [0.5, 0.6) is 0 Å². The summed E-state index contributed by atoms with van der Waals surface area (Å²) in [5.41, 5.74) is 0.230. The van der Waals surface area contributed by atoms with Crippen LogP contribution in [0, 0.1) is 15.9 Å². The van der Waals surface area contributed by atoms with Gasteiger partial charge >= 0.3 is 0 Å². The highest BCUT2D eigenvalue weighted by Gasteiger charge is 2.11. The zero-order valence-electron chi connectivity index (χ0n) is 7.74. The molecule has 0 bridgehead atoms. The Hall–Kier alpha value is -1.71. The number of nitro benzene ring substituents is 1. The largest absolute Gasteiger partial charge is 0.276 e. The number of halogens is 1. The van der Waals surface area contributed by atoms with Gasteiger partial charge in [0, 0.05) is 6.07 Å². The van der Waals surface area contributed by atoms with E-state index in [4.69, 9.17) is 0 Å². The zero-order valence-corrected chi connectivity index (χ0v) is 7.74. The molecule has 0 heterocycles. The fourth-order valence-electron chi connectivity index (χ4n) is 1.07. The Morgan fingerprint density at radius 1 is 1.57 bits per heavy atom. The van der Waals surface area contributed by atoms with E-state index in [1.807, 2.05) is 6.92 Å². The molecule has 0 aliphatic rings. The van der Waals surface area contributed by atoms with Crippen molar-refractivity contribution in [2.75, 3.05) is 0 Å². The number of allylic oxidation sites excluding steroid dienone is 1. The van der Waals surface area contributed by atoms with Gasteiger partial charge in [-0.1, -0.05) is 19.1 Å². The Kier molecular flexibility index (Phi) is 3.34. The number of nitro groups is 1. The van der Waals surface area contributed by atoms with Crippen LogP contribution in [0.4, 0.5) is 10.1 Å². The number of hydrogen-bond acceptors (Lipinski definition) is 2. The fraction of sp³-hybridized carbons (Fsp3) is 0.200. The van der Waals surface area contributed by atoms with E-state index in [0.717, 1.165) is 18.6 Å². The minimum atomic E-state index is -0.519. The van der Waals surface area contributed by atoms with Crippen molar-refractivity contribution in [1.29, 1.82) is 0 Å². The van der Waals surface area contributed by atoms with Crippen molar-refractivity contribution in [1.82, 2.24) is 0 Å². The van der Waals surface area contributed by atoms with E-state index in [9.17, 15) is 14.5 Å². The van der Waals surface area contributed by atoms with E-state index in [1.54, 1.807) is 12.2 Å². The van der Waals surface area contributed by atoms with E-state index in [-0.39, 0.29) is 5.69 Å². The maximum atomic E-state index is 12.8. The van der Waals surface area contributed by atoms with Gasteiger partial charge in [0.05, 0.1) is 10.5 Å². The lowest BCUT2D eigenvalue weighted by Crippen LogP contribution is -1.92. The number of benzene rings is 1. The van der Waals surface area contributed by atoms with Crippen molar-refractivity contribution < 1.29 is 9.31 Å². The highest BCUT2D eigenvalue weighted by Crippen LogP contribution is 2.20. The summed E-state index contributed by atoms with van der Waals surface area (Å²) >= 11 is 0. The summed E-state index contributed by atoms with van der Waals surface area (Å²) in [5, 5.41) is 10.5. The van der Waals surface area contributed by atoms with Gasteiger partial charge in [-0.05, 0) is 18.6 Å². The molecular formula is C10H10FNO2. The lowest BCUT2D eigenvalue weighted by Gasteiger charge is -1.96. The van der Waals surface area contributed by atoms with E-state index in [1.165, 1.54) is 6.07 Å². The molecule has 0 unspecified atom stereocenters. The summed E-state index contributed by atoms with van der Waals surface area (Å²) in [6, 6.07) is 3.41. The number of nitrogens with zero attached hydrogens (tertiary/aromatic N) is 1. The maximum absolute atomic E-state index is 12.8. The molecule has 3 nitrogen and oxygen atoms in total. The van der Waals surface area contributed by atoms with E-state index < -0.39 is 10.7 Å². The standard InChI is InChI=1S/C10H10FNO2/c1-2-3-4-8-7-9(11)5-6-10(8)12(13)14/h3-7H,2H2,1H3/b4-3+. The van der Waals surface area contributed by atoms with Crippen LogP contribution < -0.4 is 0 Å². The van der Waals surface area contributed by atoms with Gasteiger partial charge in [-0.25, -0.2) is 4.39 Å². The van der Waals surface area contributed by atoms with Crippen LogP contribution in [0.3, 0.4) is 0 Å². The first-order valence-electron chi connectivity index (χ1n) is 4.25. The first kappa shape index (κ1) is 10.4. The Labute approximate surface area is 81.0 Å². The van der Waals surface area contributed by atoms with E-state index in [0.29, 0.717) is 5.56 Å². The summed E-state index contributed by atoms with van der Waals surface area (Å²) in [7, 11) is 0. The third kappa shape index (κ3) is 2.39. The second-order valence-electron chi connectivity index (χ2n) is 2.77. The van der Waals surface area contributed by atoms with Gasteiger partial charge in [0.2, 0.25) is 0 Å². The molecule has 0 spiro atoms. The van der Waals surface area contributed by atoms with Crippen molar-refractivity contribution in [3.05, 3.63) is 45.8 Å². The molecule has 0 aliphatic heterocycles. The molecule has 1 rings (SSSR count). The maximum Gasteiger partial charge on any atom is 0.276 e. The van der Waals surface area contributed by atoms with E-state index >= 15 is 0 Å². The molecule has 0 aromatic heterocycles. The van der Waals surface area contributed by atoms with Crippen LogP contribution in [0.15, 0.2) is 24.3 Å². The zero-order chi connectivity index (χ0) is 10.6. The lowest BCUT2D eigenvalue weighted by atomic mass is 10.1. The Morgan fingerprint density at radius 2 is 2.29 bits per heavy atom. The summed E-state index contributed by atoms with van der Waals surface area (Å²) in [4.78, 5) is 10.0. The summed E-state index contributed by atoms with van der Waals surface area (Å²) < 4.78 is 12.8. The summed E-state index contributed by atoms with van der Waals surface area (Å²) in [6.45, 7) is 1.90. The molecule has 0 radical (unpaired) electrons. The smallest absolute Gasteiger partial charge is 0.258 e. The topological polar surface area (TPSA) is 43.1 Å². The van der Waals surface area contributed by atoms with Gasteiger partial charge in [-0.2, -0.15) is 0 Å². The van der Waals surface area contributed by atoms with Crippen LogP contribution in [-0.4, -0.2) is 4.92 Å². The van der Waals surface area contributed by atoms with Crippen LogP contribution in [0.25, 0.3) is 6.08 Å². The molecule has 0 atom stereocenters. The van der Waals surface area contributed by atoms with E-state index in [2.05, 4.69) is 0 Å². The van der Waals surface area contributed by atoms with Crippen LogP contribution in [0.2, 0.25) is 0 Å². The van der Waals surface area contributed by atoms with Crippen molar-refractivity contribution in [3.8, 4) is 0 Å². The first-order valence-corrected chi connectivity index (χ1v) is 4.25. The molecule has 0 saturated carbocycles. The predicted octanol–water partition coefficient (Wildman–Crippen LogP) is 3.16. The molecule has 0 fully saturated rings. The molecule has 0 N–H and O–H groups in total. The molecule has 1 aromatic carbocycles. The second-order valence-corrected chi connectivity index (χ2v) is 2.77. The minimum absolute atomic E-state index is 0.0731. The number of rotatable bonds is 3. The van der Waals surface area contributed by atoms with Crippen molar-refractivity contribution >= 4 is 11.8 Å². The molecule has 0 amide bonds. The highest BCUT2D eigenvalue weighted by atomic mass is 19.1. The minimum Gasteiger partial charge on any atom is -0.258 e. The van der Waals surface area contributed by atoms with Gasteiger partial charge in [0.25, 0.3) is 5.69 Å². The monoisotopic (exact) mass is 195 g/mol. The molecule has 0 aliphatic carbocycles. The molecule has 74 valence electrons. The van der Waals surface area contributed by atoms with Gasteiger partial charge in [-0.3, -0.25) is 10.1 Å². The predicted molar refractivity (Wildman–Crippen MR) is 52.4 cm³/mol. The summed E-state index contributed by atoms with van der Waals surface area (Å²) in [6.07, 6.45) is 4.07. The average Bonchev–Trinajstić information content (AvgIpc) is 2.14. The van der Waals surface area contributed by atoms with Crippen molar-refractivity contribution in [3.63, 3.8) is 0 Å². The SMILES string of the molecule is CC/C=C/c1cc(F)ccc1[N+](=O)[O-]. The average molecular weight is 195 g/mol. The summed E-state index contributed by atoms with van der Waals surface area (Å²) in [5.74, 6) is -0.466. The molecule has 1 aromatic rings. The third-order valence-corrected chi connectivity index (χ3v) is 1.72. The van der Waals surface area contributed by atoms with Crippen molar-refractivity contribution in [2.45, 2.75) is 13.3 Å². The van der Waals surface area contributed by atoms with Crippen LogP contribution in [-0.2, 0) is 0 Å². The molecule has 0 saturated heterocycles. The Bertz CT molecular complexity index is 374. The first-order chi connectivity index (χ1) is 6.65. The molecular weight excluding hydrogens is 185 g/mol.